The molecule has 2 N–H and O–H groups in total. The van der Waals surface area contributed by atoms with Crippen LogP contribution >= 0.6 is 0 Å². The Morgan fingerprint density at radius 2 is 2.25 bits per heavy atom. The molecule has 0 aromatic carbocycles. The number of rotatable bonds is 2. The maximum atomic E-state index is 8.82. The van der Waals surface area contributed by atoms with Crippen molar-refractivity contribution in [2.45, 2.75) is 25.3 Å². The van der Waals surface area contributed by atoms with Crippen molar-refractivity contribution in [3.63, 3.8) is 0 Å². The summed E-state index contributed by atoms with van der Waals surface area (Å²) in [5.74, 6) is 0.795. The molecule has 4 heteroatoms. The lowest BCUT2D eigenvalue weighted by molar-refractivity contribution is 0.364. The molecule has 1 aliphatic rings. The number of aromatic nitrogens is 1. The molecule has 0 saturated carbocycles. The molecule has 0 unspecified atom stereocenters. The van der Waals surface area contributed by atoms with E-state index in [4.69, 9.17) is 5.26 Å². The summed E-state index contributed by atoms with van der Waals surface area (Å²) in [6, 6.07) is 5.64. The number of piperidine rings is 1. The average Bonchev–Trinajstić information content (AvgIpc) is 2.29. The number of nitriles is 1. The van der Waals surface area contributed by atoms with Crippen LogP contribution in [-0.2, 0) is 0 Å². The van der Waals surface area contributed by atoms with Crippen molar-refractivity contribution in [1.82, 2.24) is 10.3 Å². The minimum Gasteiger partial charge on any atom is -0.365 e. The molecule has 2 rings (SSSR count). The summed E-state index contributed by atoms with van der Waals surface area (Å²) < 4.78 is 0. The van der Waals surface area contributed by atoms with Gasteiger partial charge in [-0.2, -0.15) is 5.26 Å². The lowest BCUT2D eigenvalue weighted by Crippen LogP contribution is -2.45. The highest BCUT2D eigenvalue weighted by Crippen LogP contribution is 2.22. The van der Waals surface area contributed by atoms with Gasteiger partial charge < -0.3 is 10.6 Å². The summed E-state index contributed by atoms with van der Waals surface area (Å²) in [6.07, 6.45) is 3.82. The molecule has 1 aromatic rings. The second kappa shape index (κ2) is 4.50. The molecular weight excluding hydrogens is 200 g/mol. The minimum atomic E-state index is 0.0896. The normalized spacial score (nSPS) is 18.8. The summed E-state index contributed by atoms with van der Waals surface area (Å²) >= 11 is 0. The van der Waals surface area contributed by atoms with Crippen LogP contribution in [0.15, 0.2) is 18.3 Å². The Morgan fingerprint density at radius 3 is 2.94 bits per heavy atom. The summed E-state index contributed by atoms with van der Waals surface area (Å²) in [7, 11) is 0. The summed E-state index contributed by atoms with van der Waals surface area (Å²) in [4.78, 5) is 4.24. The average molecular weight is 216 g/mol. The lowest BCUT2D eigenvalue weighted by Gasteiger charge is -2.35. The first-order chi connectivity index (χ1) is 7.72. The highest BCUT2D eigenvalue weighted by atomic mass is 15.1. The zero-order valence-corrected chi connectivity index (χ0v) is 9.45. The summed E-state index contributed by atoms with van der Waals surface area (Å²) in [5.41, 5.74) is 0.738. The zero-order valence-electron chi connectivity index (χ0n) is 9.45. The fourth-order valence-electron chi connectivity index (χ4n) is 1.98. The van der Waals surface area contributed by atoms with Crippen LogP contribution in [0, 0.1) is 11.3 Å². The number of hydrogen-bond donors (Lipinski definition) is 2. The van der Waals surface area contributed by atoms with Crippen molar-refractivity contribution in [2.75, 3.05) is 18.4 Å². The van der Waals surface area contributed by atoms with Gasteiger partial charge in [0.2, 0.25) is 0 Å². The second-order valence-electron chi connectivity index (χ2n) is 4.48. The zero-order chi connectivity index (χ0) is 11.4. The maximum Gasteiger partial charge on any atom is 0.127 e. The van der Waals surface area contributed by atoms with E-state index >= 15 is 0 Å². The predicted octanol–water partition coefficient (Wildman–Crippen LogP) is 1.51. The fourth-order valence-corrected chi connectivity index (χ4v) is 1.98. The van der Waals surface area contributed by atoms with Crippen molar-refractivity contribution in [3.8, 4) is 6.07 Å². The Kier molecular flexibility index (Phi) is 3.07. The van der Waals surface area contributed by atoms with Crippen LogP contribution < -0.4 is 10.6 Å². The van der Waals surface area contributed by atoms with E-state index in [-0.39, 0.29) is 5.54 Å². The lowest BCUT2D eigenvalue weighted by atomic mass is 9.90. The van der Waals surface area contributed by atoms with E-state index in [0.717, 1.165) is 31.7 Å². The van der Waals surface area contributed by atoms with Gasteiger partial charge in [0.05, 0.1) is 11.6 Å². The molecule has 16 heavy (non-hydrogen) atoms. The highest BCUT2D eigenvalue weighted by Gasteiger charge is 2.26. The third kappa shape index (κ3) is 2.50. The van der Waals surface area contributed by atoms with E-state index in [1.54, 1.807) is 18.3 Å². The first-order valence-corrected chi connectivity index (χ1v) is 5.57. The first-order valence-electron chi connectivity index (χ1n) is 5.57. The van der Waals surface area contributed by atoms with Gasteiger partial charge >= 0.3 is 0 Å². The largest absolute Gasteiger partial charge is 0.365 e. The Morgan fingerprint density at radius 1 is 1.50 bits per heavy atom. The topological polar surface area (TPSA) is 60.7 Å². The van der Waals surface area contributed by atoms with Crippen LogP contribution in [0.1, 0.15) is 25.3 Å². The molecule has 1 fully saturated rings. The van der Waals surface area contributed by atoms with Gasteiger partial charge in [0.15, 0.2) is 0 Å². The van der Waals surface area contributed by atoms with Crippen LogP contribution in [0.5, 0.6) is 0 Å². The van der Waals surface area contributed by atoms with E-state index < -0.39 is 0 Å². The number of hydrogen-bond acceptors (Lipinski definition) is 4. The third-order valence-corrected chi connectivity index (χ3v) is 3.03. The Balaban J connectivity index is 2.10. The summed E-state index contributed by atoms with van der Waals surface area (Å²) in [6.45, 7) is 4.26. The predicted molar refractivity (Wildman–Crippen MR) is 63.1 cm³/mol. The Bertz CT molecular complexity index is 402. The van der Waals surface area contributed by atoms with Gasteiger partial charge in [-0.05, 0) is 45.0 Å². The molecule has 1 saturated heterocycles. The van der Waals surface area contributed by atoms with Gasteiger partial charge in [-0.3, -0.25) is 0 Å². The molecule has 1 aliphatic heterocycles. The van der Waals surface area contributed by atoms with Crippen molar-refractivity contribution in [3.05, 3.63) is 23.9 Å². The smallest absolute Gasteiger partial charge is 0.127 e. The van der Waals surface area contributed by atoms with Crippen molar-refractivity contribution >= 4 is 5.82 Å². The van der Waals surface area contributed by atoms with Gasteiger partial charge in [0.25, 0.3) is 0 Å². The number of nitrogens with zero attached hydrogens (tertiary/aromatic N) is 2. The molecular formula is C12H16N4. The van der Waals surface area contributed by atoms with E-state index in [1.807, 2.05) is 0 Å². The van der Waals surface area contributed by atoms with Crippen molar-refractivity contribution in [1.29, 1.82) is 5.26 Å². The molecule has 2 heterocycles. The third-order valence-electron chi connectivity index (χ3n) is 3.03. The molecule has 0 amide bonds. The molecule has 4 nitrogen and oxygen atoms in total. The fraction of sp³-hybridized carbons (Fsp3) is 0.500. The highest BCUT2D eigenvalue weighted by molar-refractivity contribution is 5.44. The van der Waals surface area contributed by atoms with Crippen LogP contribution in [-0.4, -0.2) is 23.6 Å². The maximum absolute atomic E-state index is 8.82. The van der Waals surface area contributed by atoms with E-state index in [0.29, 0.717) is 5.56 Å². The first kappa shape index (κ1) is 10.9. The molecule has 0 radical (unpaired) electrons. The van der Waals surface area contributed by atoms with E-state index in [1.165, 1.54) is 0 Å². The Labute approximate surface area is 95.7 Å². The van der Waals surface area contributed by atoms with Crippen LogP contribution in [0.2, 0.25) is 0 Å². The van der Waals surface area contributed by atoms with E-state index in [9.17, 15) is 0 Å². The summed E-state index contributed by atoms with van der Waals surface area (Å²) in [5, 5.41) is 15.6. The van der Waals surface area contributed by atoms with Crippen LogP contribution in [0.3, 0.4) is 0 Å². The van der Waals surface area contributed by atoms with Gasteiger partial charge in [-0.15, -0.1) is 0 Å². The van der Waals surface area contributed by atoms with Crippen LogP contribution in [0.25, 0.3) is 0 Å². The quantitative estimate of drug-likeness (QED) is 0.786. The monoisotopic (exact) mass is 216 g/mol. The number of anilines is 1. The van der Waals surface area contributed by atoms with Gasteiger partial charge in [0.1, 0.15) is 5.82 Å². The van der Waals surface area contributed by atoms with E-state index in [2.05, 4.69) is 28.6 Å². The molecule has 1 aromatic heterocycles. The molecule has 0 bridgehead atoms. The van der Waals surface area contributed by atoms with Crippen molar-refractivity contribution in [2.24, 2.45) is 0 Å². The SMILES string of the molecule is CC1(Nc2cc(C#N)ccn2)CCNCC1. The molecule has 0 aliphatic carbocycles. The molecule has 0 spiro atoms. The van der Waals surface area contributed by atoms with Crippen LogP contribution in [0.4, 0.5) is 5.82 Å². The molecule has 0 atom stereocenters. The van der Waals surface area contributed by atoms with Gasteiger partial charge in [-0.25, -0.2) is 4.98 Å². The Hall–Kier alpha value is -1.60. The standard InChI is InChI=1S/C12H16N4/c1-12(3-6-14-7-4-12)16-11-8-10(9-13)2-5-15-11/h2,5,8,14H,3-4,6-7H2,1H3,(H,15,16). The van der Waals surface area contributed by atoms with Gasteiger partial charge in [0, 0.05) is 11.7 Å². The number of nitrogens with one attached hydrogen (secondary N) is 2. The number of pyridine rings is 1. The second-order valence-corrected chi connectivity index (χ2v) is 4.48. The van der Waals surface area contributed by atoms with Gasteiger partial charge in [-0.1, -0.05) is 0 Å². The molecule has 84 valence electrons. The van der Waals surface area contributed by atoms with Crippen molar-refractivity contribution < 1.29 is 0 Å². The minimum absolute atomic E-state index is 0.0896.